The van der Waals surface area contributed by atoms with E-state index in [4.69, 9.17) is 10.5 Å². The van der Waals surface area contributed by atoms with Crippen LogP contribution in [-0.4, -0.2) is 30.7 Å². The second-order valence-electron chi connectivity index (χ2n) is 5.37. The van der Waals surface area contributed by atoms with Gasteiger partial charge in [-0.25, -0.2) is 0 Å². The van der Waals surface area contributed by atoms with Crippen molar-refractivity contribution in [1.29, 1.82) is 0 Å². The summed E-state index contributed by atoms with van der Waals surface area (Å²) in [5, 5.41) is 2.98. The number of amides is 1. The minimum Gasteiger partial charge on any atom is -0.376 e. The maximum absolute atomic E-state index is 11.3. The fourth-order valence-electron chi connectivity index (χ4n) is 1.40. The number of hydrogen-bond acceptors (Lipinski definition) is 3. The van der Waals surface area contributed by atoms with Crippen LogP contribution < -0.4 is 11.1 Å². The van der Waals surface area contributed by atoms with Crippen molar-refractivity contribution in [2.45, 2.75) is 64.5 Å². The molecule has 1 atom stereocenters. The van der Waals surface area contributed by atoms with E-state index >= 15 is 0 Å². The highest BCUT2D eigenvalue weighted by molar-refractivity contribution is 5.84. The molecule has 0 aliphatic rings. The molecule has 4 nitrogen and oxygen atoms in total. The molecule has 4 heteroatoms. The van der Waals surface area contributed by atoms with E-state index in [0.717, 1.165) is 32.3 Å². The highest BCUT2D eigenvalue weighted by Gasteiger charge is 2.27. The molecule has 0 rings (SSSR count). The summed E-state index contributed by atoms with van der Waals surface area (Å²) in [5.41, 5.74) is 4.71. The Morgan fingerprint density at radius 3 is 2.29 bits per heavy atom. The summed E-state index contributed by atoms with van der Waals surface area (Å²) in [5.74, 6) is -0.296. The van der Waals surface area contributed by atoms with Crippen molar-refractivity contribution in [1.82, 2.24) is 5.32 Å². The van der Waals surface area contributed by atoms with E-state index in [0.29, 0.717) is 0 Å². The van der Waals surface area contributed by atoms with Crippen LogP contribution in [0, 0.1) is 0 Å². The number of likely N-dealkylation sites (N-methyl/N-ethyl adjacent to an activating group) is 1. The zero-order chi connectivity index (χ0) is 13.5. The summed E-state index contributed by atoms with van der Waals surface area (Å²) in [6.45, 7) is 8.87. The van der Waals surface area contributed by atoms with Crippen LogP contribution in [0.3, 0.4) is 0 Å². The molecule has 0 saturated heterocycles. The Balaban J connectivity index is 3.82. The number of primary amides is 1. The molecule has 0 aromatic rings. The van der Waals surface area contributed by atoms with Gasteiger partial charge in [0.05, 0.1) is 11.1 Å². The van der Waals surface area contributed by atoms with E-state index in [-0.39, 0.29) is 11.5 Å². The van der Waals surface area contributed by atoms with Crippen LogP contribution in [0.1, 0.15) is 53.4 Å². The van der Waals surface area contributed by atoms with Crippen LogP contribution in [0.2, 0.25) is 0 Å². The largest absolute Gasteiger partial charge is 0.376 e. The summed E-state index contributed by atoms with van der Waals surface area (Å²) >= 11 is 0. The summed E-state index contributed by atoms with van der Waals surface area (Å²) in [6, 6.07) is 0. The Morgan fingerprint density at radius 1 is 1.29 bits per heavy atom. The second kappa shape index (κ2) is 6.97. The van der Waals surface area contributed by atoms with E-state index < -0.39 is 5.54 Å². The smallest absolute Gasteiger partial charge is 0.237 e. The second-order valence-corrected chi connectivity index (χ2v) is 5.37. The number of carbonyl (C=O) groups excluding carboxylic acids is 1. The first-order chi connectivity index (χ1) is 7.77. The van der Waals surface area contributed by atoms with Gasteiger partial charge in [0.15, 0.2) is 0 Å². The number of rotatable bonds is 9. The van der Waals surface area contributed by atoms with Crippen LogP contribution in [0.25, 0.3) is 0 Å². The van der Waals surface area contributed by atoms with Crippen molar-refractivity contribution in [3.8, 4) is 0 Å². The molecule has 17 heavy (non-hydrogen) atoms. The normalized spacial score (nSPS) is 15.6. The highest BCUT2D eigenvalue weighted by Crippen LogP contribution is 2.16. The van der Waals surface area contributed by atoms with Crippen molar-refractivity contribution in [2.24, 2.45) is 5.73 Å². The molecule has 0 spiro atoms. The molecule has 1 amide bonds. The third kappa shape index (κ3) is 6.03. The lowest BCUT2D eigenvalue weighted by atomic mass is 9.94. The quantitative estimate of drug-likeness (QED) is 0.608. The summed E-state index contributed by atoms with van der Waals surface area (Å²) in [7, 11) is 1.77. The molecule has 0 heterocycles. The molecule has 0 bridgehead atoms. The summed E-state index contributed by atoms with van der Waals surface area (Å²) < 4.78 is 5.75. The van der Waals surface area contributed by atoms with Gasteiger partial charge < -0.3 is 15.8 Å². The molecule has 0 aromatic carbocycles. The maximum Gasteiger partial charge on any atom is 0.237 e. The van der Waals surface area contributed by atoms with Gasteiger partial charge in [-0.1, -0.05) is 6.92 Å². The molecular weight excluding hydrogens is 216 g/mol. The SMILES string of the molecule is CCC(C)(C)OCCCCC(C)(NC)C(N)=O. The number of nitrogens with two attached hydrogens (primary N) is 1. The van der Waals surface area contributed by atoms with E-state index in [9.17, 15) is 4.79 Å². The molecule has 0 aliphatic carbocycles. The van der Waals surface area contributed by atoms with E-state index in [2.05, 4.69) is 26.1 Å². The summed E-state index contributed by atoms with van der Waals surface area (Å²) in [4.78, 5) is 11.3. The van der Waals surface area contributed by atoms with Gasteiger partial charge in [0.25, 0.3) is 0 Å². The van der Waals surface area contributed by atoms with Crippen molar-refractivity contribution < 1.29 is 9.53 Å². The van der Waals surface area contributed by atoms with Crippen LogP contribution in [-0.2, 0) is 9.53 Å². The Kier molecular flexibility index (Phi) is 6.72. The lowest BCUT2D eigenvalue weighted by molar-refractivity contribution is -0.124. The van der Waals surface area contributed by atoms with Gasteiger partial charge in [-0.2, -0.15) is 0 Å². The van der Waals surface area contributed by atoms with Crippen LogP contribution in [0.15, 0.2) is 0 Å². The zero-order valence-electron chi connectivity index (χ0n) is 11.9. The molecule has 3 N–H and O–H groups in total. The van der Waals surface area contributed by atoms with Crippen LogP contribution >= 0.6 is 0 Å². The van der Waals surface area contributed by atoms with Crippen molar-refractivity contribution in [3.63, 3.8) is 0 Å². The highest BCUT2D eigenvalue weighted by atomic mass is 16.5. The number of carbonyl (C=O) groups is 1. The molecule has 0 fully saturated rings. The zero-order valence-corrected chi connectivity index (χ0v) is 11.9. The van der Waals surface area contributed by atoms with Gasteiger partial charge in [0.1, 0.15) is 0 Å². The van der Waals surface area contributed by atoms with Gasteiger partial charge in [0, 0.05) is 6.61 Å². The minimum atomic E-state index is -0.597. The molecular formula is C13H28N2O2. The topological polar surface area (TPSA) is 64.3 Å². The van der Waals surface area contributed by atoms with Crippen LogP contribution in [0.5, 0.6) is 0 Å². The average Bonchev–Trinajstić information content (AvgIpc) is 2.28. The predicted molar refractivity (Wildman–Crippen MR) is 70.8 cm³/mol. The third-order valence-electron chi connectivity index (χ3n) is 3.51. The molecule has 102 valence electrons. The molecule has 0 saturated carbocycles. The van der Waals surface area contributed by atoms with Crippen molar-refractivity contribution in [2.75, 3.05) is 13.7 Å². The summed E-state index contributed by atoms with van der Waals surface area (Å²) in [6.07, 6.45) is 3.63. The predicted octanol–water partition coefficient (Wildman–Crippen LogP) is 1.83. The van der Waals surface area contributed by atoms with E-state index in [1.54, 1.807) is 7.05 Å². The number of hydrogen-bond donors (Lipinski definition) is 2. The Bertz CT molecular complexity index is 242. The number of nitrogens with one attached hydrogen (secondary N) is 1. The molecule has 0 aliphatic heterocycles. The van der Waals surface area contributed by atoms with Crippen LogP contribution in [0.4, 0.5) is 0 Å². The average molecular weight is 244 g/mol. The van der Waals surface area contributed by atoms with Crippen molar-refractivity contribution in [3.05, 3.63) is 0 Å². The van der Waals surface area contributed by atoms with Gasteiger partial charge in [-0.05, 0) is 53.5 Å². The molecule has 0 radical (unpaired) electrons. The minimum absolute atomic E-state index is 0.0456. The van der Waals surface area contributed by atoms with Gasteiger partial charge in [-0.3, -0.25) is 4.79 Å². The Labute approximate surface area is 105 Å². The molecule has 0 aromatic heterocycles. The third-order valence-corrected chi connectivity index (χ3v) is 3.51. The Morgan fingerprint density at radius 2 is 1.88 bits per heavy atom. The lowest BCUT2D eigenvalue weighted by Gasteiger charge is -2.26. The number of unbranched alkanes of at least 4 members (excludes halogenated alkanes) is 1. The van der Waals surface area contributed by atoms with Gasteiger partial charge in [-0.15, -0.1) is 0 Å². The first kappa shape index (κ1) is 16.4. The van der Waals surface area contributed by atoms with Gasteiger partial charge >= 0.3 is 0 Å². The Hall–Kier alpha value is -0.610. The van der Waals surface area contributed by atoms with E-state index in [1.165, 1.54) is 0 Å². The fraction of sp³-hybridized carbons (Fsp3) is 0.923. The van der Waals surface area contributed by atoms with Gasteiger partial charge in [0.2, 0.25) is 5.91 Å². The van der Waals surface area contributed by atoms with E-state index in [1.807, 2.05) is 6.92 Å². The monoisotopic (exact) mass is 244 g/mol. The maximum atomic E-state index is 11.3. The lowest BCUT2D eigenvalue weighted by Crippen LogP contribution is -2.51. The standard InChI is InChI=1S/C13H28N2O2/c1-6-12(2,3)17-10-8-7-9-13(4,15-5)11(14)16/h15H,6-10H2,1-5H3,(H2,14,16). The fourth-order valence-corrected chi connectivity index (χ4v) is 1.40. The van der Waals surface area contributed by atoms with Crippen molar-refractivity contribution >= 4 is 5.91 Å². The molecule has 1 unspecified atom stereocenters. The first-order valence-electron chi connectivity index (χ1n) is 6.40. The number of ether oxygens (including phenoxy) is 1. The first-order valence-corrected chi connectivity index (χ1v) is 6.40.